The van der Waals surface area contributed by atoms with Crippen LogP contribution in [0.5, 0.6) is 0 Å². The Morgan fingerprint density at radius 2 is 1.95 bits per heavy atom. The van der Waals surface area contributed by atoms with Gasteiger partial charge in [0.25, 0.3) is 0 Å². The van der Waals surface area contributed by atoms with Gasteiger partial charge in [0.2, 0.25) is 15.9 Å². The van der Waals surface area contributed by atoms with Crippen molar-refractivity contribution in [2.45, 2.75) is 31.2 Å². The molecule has 0 fully saturated rings. The second-order valence-corrected chi connectivity index (χ2v) is 9.28. The molecule has 0 spiro atoms. The summed E-state index contributed by atoms with van der Waals surface area (Å²) in [4.78, 5) is 22.1. The van der Waals surface area contributed by atoms with Gasteiger partial charge in [0.05, 0.1) is 10.3 Å². The number of rotatable bonds is 5. The summed E-state index contributed by atoms with van der Waals surface area (Å²) in [6, 6.07) is 1.04. The van der Waals surface area contributed by atoms with Crippen LogP contribution < -0.4 is 10.0 Å². The number of aromatic carboxylic acids is 1. The van der Waals surface area contributed by atoms with Gasteiger partial charge in [-0.2, -0.15) is 0 Å². The zero-order valence-corrected chi connectivity index (χ0v) is 14.8. The molecule has 0 aliphatic rings. The Hall–Kier alpha value is -0.970. The molecule has 10 heteroatoms. The molecule has 1 aromatic heterocycles. The zero-order valence-electron chi connectivity index (χ0n) is 11.6. The summed E-state index contributed by atoms with van der Waals surface area (Å²) in [5, 5.41) is 11.5. The Kier molecular flexibility index (Phi) is 5.53. The summed E-state index contributed by atoms with van der Waals surface area (Å²) in [7, 11) is -3.96. The van der Waals surface area contributed by atoms with Crippen molar-refractivity contribution in [2.75, 3.05) is 6.54 Å². The lowest BCUT2D eigenvalue weighted by molar-refractivity contribution is -0.121. The number of carboxylic acids is 1. The van der Waals surface area contributed by atoms with Crippen molar-refractivity contribution in [3.63, 3.8) is 0 Å². The SMILES string of the molecule is CC(C)(C)NC(=O)CNS(=O)(=O)c1cc(C(=O)O)sc1Br. The Bertz CT molecular complexity index is 661. The van der Waals surface area contributed by atoms with Gasteiger partial charge in [-0.05, 0) is 42.8 Å². The molecule has 21 heavy (non-hydrogen) atoms. The quantitative estimate of drug-likeness (QED) is 0.693. The van der Waals surface area contributed by atoms with Crippen LogP contribution in [0.4, 0.5) is 0 Å². The van der Waals surface area contributed by atoms with Gasteiger partial charge in [-0.1, -0.05) is 0 Å². The minimum Gasteiger partial charge on any atom is -0.477 e. The van der Waals surface area contributed by atoms with Crippen molar-refractivity contribution < 1.29 is 23.1 Å². The number of hydrogen-bond donors (Lipinski definition) is 3. The number of thiophene rings is 1. The average Bonchev–Trinajstić information content (AvgIpc) is 2.67. The number of amides is 1. The Morgan fingerprint density at radius 1 is 1.38 bits per heavy atom. The molecule has 1 amide bonds. The second-order valence-electron chi connectivity index (χ2n) is 5.18. The van der Waals surface area contributed by atoms with Crippen molar-refractivity contribution in [1.29, 1.82) is 0 Å². The molecule has 1 rings (SSSR count). The van der Waals surface area contributed by atoms with Crippen LogP contribution in [0.2, 0.25) is 0 Å². The molecule has 3 N–H and O–H groups in total. The lowest BCUT2D eigenvalue weighted by Gasteiger charge is -2.20. The molecule has 0 saturated carbocycles. The largest absolute Gasteiger partial charge is 0.477 e. The van der Waals surface area contributed by atoms with Crippen LogP contribution >= 0.6 is 27.3 Å². The molecule has 0 radical (unpaired) electrons. The standard InChI is InChI=1S/C11H15BrN2O5S2/c1-11(2,3)14-8(15)5-13-21(18,19)7-4-6(10(16)17)20-9(7)12/h4,13H,5H2,1-3H3,(H,14,15)(H,16,17). The van der Waals surface area contributed by atoms with Crippen molar-refractivity contribution in [3.05, 3.63) is 14.7 Å². The number of carboxylic acid groups (broad SMARTS) is 1. The van der Waals surface area contributed by atoms with E-state index < -0.39 is 34.0 Å². The number of hydrogen-bond acceptors (Lipinski definition) is 5. The summed E-state index contributed by atoms with van der Waals surface area (Å²) in [5.74, 6) is -1.69. The number of nitrogens with one attached hydrogen (secondary N) is 2. The topological polar surface area (TPSA) is 113 Å². The van der Waals surface area contributed by atoms with Gasteiger partial charge in [-0.3, -0.25) is 4.79 Å². The van der Waals surface area contributed by atoms with Gasteiger partial charge in [0, 0.05) is 5.54 Å². The van der Waals surface area contributed by atoms with Crippen molar-refractivity contribution in [1.82, 2.24) is 10.0 Å². The molecule has 0 saturated heterocycles. The van der Waals surface area contributed by atoms with Crippen LogP contribution in [0.25, 0.3) is 0 Å². The van der Waals surface area contributed by atoms with E-state index in [-0.39, 0.29) is 13.6 Å². The molecule has 0 bridgehead atoms. The third kappa shape index (κ3) is 5.38. The van der Waals surface area contributed by atoms with E-state index in [2.05, 4.69) is 26.0 Å². The summed E-state index contributed by atoms with van der Waals surface area (Å²) in [6.07, 6.45) is 0. The molecule has 0 unspecified atom stereocenters. The first-order valence-electron chi connectivity index (χ1n) is 5.76. The van der Waals surface area contributed by atoms with Gasteiger partial charge in [0.1, 0.15) is 9.77 Å². The van der Waals surface area contributed by atoms with E-state index in [1.165, 1.54) is 0 Å². The predicted molar refractivity (Wildman–Crippen MR) is 82.1 cm³/mol. The molecule has 118 valence electrons. The van der Waals surface area contributed by atoms with E-state index in [9.17, 15) is 18.0 Å². The van der Waals surface area contributed by atoms with Crippen LogP contribution in [0.3, 0.4) is 0 Å². The Morgan fingerprint density at radius 3 is 2.38 bits per heavy atom. The van der Waals surface area contributed by atoms with Gasteiger partial charge >= 0.3 is 5.97 Å². The molecule has 0 aliphatic heterocycles. The molecule has 0 atom stereocenters. The predicted octanol–water partition coefficient (Wildman–Crippen LogP) is 1.40. The first kappa shape index (κ1) is 18.1. The summed E-state index contributed by atoms with van der Waals surface area (Å²) in [6.45, 7) is 4.89. The highest BCUT2D eigenvalue weighted by Crippen LogP contribution is 2.31. The first-order chi connectivity index (χ1) is 9.42. The Balaban J connectivity index is 2.83. The highest BCUT2D eigenvalue weighted by molar-refractivity contribution is 9.11. The van der Waals surface area contributed by atoms with E-state index >= 15 is 0 Å². The smallest absolute Gasteiger partial charge is 0.345 e. The number of sulfonamides is 1. The van der Waals surface area contributed by atoms with Crippen molar-refractivity contribution in [3.8, 4) is 0 Å². The highest BCUT2D eigenvalue weighted by atomic mass is 79.9. The zero-order chi connectivity index (χ0) is 16.4. The van der Waals surface area contributed by atoms with E-state index in [1.807, 2.05) is 0 Å². The maximum atomic E-state index is 12.1. The third-order valence-electron chi connectivity index (χ3n) is 2.09. The summed E-state index contributed by atoms with van der Waals surface area (Å²) >= 11 is 3.80. The molecule has 0 aliphatic carbocycles. The van der Waals surface area contributed by atoms with Gasteiger partial charge in [-0.25, -0.2) is 17.9 Å². The molecule has 0 aromatic carbocycles. The third-order valence-corrected chi connectivity index (χ3v) is 5.73. The fourth-order valence-corrected chi connectivity index (χ4v) is 4.72. The second kappa shape index (κ2) is 6.42. The van der Waals surface area contributed by atoms with E-state index in [4.69, 9.17) is 5.11 Å². The lowest BCUT2D eigenvalue weighted by Crippen LogP contribution is -2.45. The molecular formula is C11H15BrN2O5S2. The first-order valence-corrected chi connectivity index (χ1v) is 8.85. The van der Waals surface area contributed by atoms with Crippen LogP contribution in [0.1, 0.15) is 30.4 Å². The van der Waals surface area contributed by atoms with E-state index in [1.54, 1.807) is 20.8 Å². The van der Waals surface area contributed by atoms with E-state index in [0.717, 1.165) is 17.4 Å². The molecule has 7 nitrogen and oxygen atoms in total. The fraction of sp³-hybridized carbons (Fsp3) is 0.455. The van der Waals surface area contributed by atoms with Gasteiger partial charge in [0.15, 0.2) is 0 Å². The van der Waals surface area contributed by atoms with Crippen LogP contribution in [-0.4, -0.2) is 37.5 Å². The monoisotopic (exact) mass is 398 g/mol. The van der Waals surface area contributed by atoms with Crippen molar-refractivity contribution >= 4 is 49.2 Å². The average molecular weight is 399 g/mol. The van der Waals surface area contributed by atoms with Gasteiger partial charge < -0.3 is 10.4 Å². The normalized spacial score (nSPS) is 12.2. The van der Waals surface area contributed by atoms with Crippen LogP contribution in [-0.2, 0) is 14.8 Å². The molecule has 1 heterocycles. The lowest BCUT2D eigenvalue weighted by atomic mass is 10.1. The van der Waals surface area contributed by atoms with Crippen molar-refractivity contribution in [2.24, 2.45) is 0 Å². The highest BCUT2D eigenvalue weighted by Gasteiger charge is 2.24. The van der Waals surface area contributed by atoms with Gasteiger partial charge in [-0.15, -0.1) is 11.3 Å². The van der Waals surface area contributed by atoms with Crippen LogP contribution in [0, 0.1) is 0 Å². The number of carbonyl (C=O) groups excluding carboxylic acids is 1. The fourth-order valence-electron chi connectivity index (χ4n) is 1.34. The maximum absolute atomic E-state index is 12.1. The minimum atomic E-state index is -3.96. The number of carbonyl (C=O) groups is 2. The molecular weight excluding hydrogens is 384 g/mol. The summed E-state index contributed by atoms with van der Waals surface area (Å²) in [5.41, 5.74) is -0.470. The molecule has 1 aromatic rings. The Labute approximate surface area is 134 Å². The maximum Gasteiger partial charge on any atom is 0.345 e. The minimum absolute atomic E-state index is 0.110. The number of halogens is 1. The van der Waals surface area contributed by atoms with Crippen LogP contribution in [0.15, 0.2) is 14.7 Å². The van der Waals surface area contributed by atoms with E-state index in [0.29, 0.717) is 0 Å². The summed E-state index contributed by atoms with van der Waals surface area (Å²) < 4.78 is 26.4.